The highest BCUT2D eigenvalue weighted by Crippen LogP contribution is 2.35. The topological polar surface area (TPSA) is 46.6 Å². The molecule has 17 heavy (non-hydrogen) atoms. The minimum atomic E-state index is -0.455. The first-order valence-corrected chi connectivity index (χ1v) is 6.39. The molecule has 4 heteroatoms. The summed E-state index contributed by atoms with van der Waals surface area (Å²) in [6.07, 6.45) is 1.07. The van der Waals surface area contributed by atoms with E-state index in [4.69, 9.17) is 4.74 Å². The van der Waals surface area contributed by atoms with Crippen LogP contribution in [0.25, 0.3) is 0 Å². The van der Waals surface area contributed by atoms with Crippen LogP contribution in [0.3, 0.4) is 0 Å². The van der Waals surface area contributed by atoms with Crippen molar-refractivity contribution in [3.05, 3.63) is 0 Å². The summed E-state index contributed by atoms with van der Waals surface area (Å²) in [5.41, 5.74) is -0.455. The van der Waals surface area contributed by atoms with Crippen molar-refractivity contribution in [2.45, 2.75) is 59.1 Å². The Labute approximate surface area is 103 Å². The Morgan fingerprint density at radius 1 is 1.35 bits per heavy atom. The number of ether oxygens (including phenoxy) is 1. The van der Waals surface area contributed by atoms with Crippen LogP contribution in [-0.4, -0.2) is 35.0 Å². The van der Waals surface area contributed by atoms with Gasteiger partial charge < -0.3 is 9.64 Å². The molecule has 2 rings (SSSR count). The van der Waals surface area contributed by atoms with Crippen LogP contribution in [-0.2, 0) is 9.53 Å². The Hall–Kier alpha value is -1.06. The third-order valence-corrected chi connectivity index (χ3v) is 2.93. The quantitative estimate of drug-likeness (QED) is 0.655. The maximum atomic E-state index is 11.7. The van der Waals surface area contributed by atoms with Crippen molar-refractivity contribution >= 4 is 11.9 Å². The number of nitrogens with zero attached hydrogens (tertiary/aromatic N) is 1. The third kappa shape index (κ3) is 3.20. The van der Waals surface area contributed by atoms with Crippen LogP contribution in [0.4, 0.5) is 4.79 Å². The first kappa shape index (κ1) is 14.0. The van der Waals surface area contributed by atoms with Crippen LogP contribution in [0, 0.1) is 5.92 Å². The van der Waals surface area contributed by atoms with Gasteiger partial charge in [-0.2, -0.15) is 0 Å². The van der Waals surface area contributed by atoms with Gasteiger partial charge in [0.25, 0.3) is 0 Å². The van der Waals surface area contributed by atoms with Gasteiger partial charge in [-0.1, -0.05) is 13.8 Å². The highest BCUT2D eigenvalue weighted by atomic mass is 16.6. The Morgan fingerprint density at radius 2 is 1.94 bits per heavy atom. The standard InChI is InChI=1S/C11H17NO3.C2H6/c1-11(2,3)15-10(14)12-6-7-4-8(12)5-9(7)13;1-2/h7-8H,4-6H2,1-3H3;1-2H3. The number of likely N-dealkylation sites (tertiary alicyclic amines) is 1. The SMILES string of the molecule is CC.CC(C)(C)OC(=O)N1CC2CC1CC2=O. The zero-order chi connectivity index (χ0) is 13.2. The molecule has 1 saturated carbocycles. The Kier molecular flexibility index (Phi) is 4.17. The molecule has 0 spiro atoms. The average Bonchev–Trinajstić information content (AvgIpc) is 2.76. The summed E-state index contributed by atoms with van der Waals surface area (Å²) in [6, 6.07) is 0.0948. The fraction of sp³-hybridized carbons (Fsp3) is 0.846. The molecule has 2 fully saturated rings. The fourth-order valence-electron chi connectivity index (χ4n) is 2.29. The van der Waals surface area contributed by atoms with Crippen LogP contribution < -0.4 is 0 Å². The van der Waals surface area contributed by atoms with E-state index in [9.17, 15) is 9.59 Å². The molecule has 1 amide bonds. The minimum Gasteiger partial charge on any atom is -0.444 e. The number of rotatable bonds is 0. The number of ketones is 1. The van der Waals surface area contributed by atoms with Crippen molar-refractivity contribution < 1.29 is 14.3 Å². The molecule has 0 N–H and O–H groups in total. The smallest absolute Gasteiger partial charge is 0.410 e. The van der Waals surface area contributed by atoms with Crippen LogP contribution in [0.2, 0.25) is 0 Å². The molecule has 1 saturated heterocycles. The molecule has 1 aliphatic carbocycles. The summed E-state index contributed by atoms with van der Waals surface area (Å²) >= 11 is 0. The van der Waals surface area contributed by atoms with E-state index in [1.165, 1.54) is 0 Å². The number of piperidine rings is 1. The number of hydrogen-bond donors (Lipinski definition) is 0. The lowest BCUT2D eigenvalue weighted by atomic mass is 10.1. The van der Waals surface area contributed by atoms with E-state index in [1.807, 2.05) is 34.6 Å². The zero-order valence-corrected chi connectivity index (χ0v) is 11.4. The maximum Gasteiger partial charge on any atom is 0.410 e. The van der Waals surface area contributed by atoms with Crippen molar-refractivity contribution in [3.63, 3.8) is 0 Å². The first-order valence-electron chi connectivity index (χ1n) is 6.39. The zero-order valence-electron chi connectivity index (χ0n) is 11.4. The van der Waals surface area contributed by atoms with Crippen molar-refractivity contribution in [3.8, 4) is 0 Å². The second kappa shape index (κ2) is 5.07. The molecule has 2 atom stereocenters. The number of carbonyl (C=O) groups is 2. The molecule has 2 unspecified atom stereocenters. The van der Waals surface area contributed by atoms with Crippen LogP contribution in [0.15, 0.2) is 0 Å². The van der Waals surface area contributed by atoms with Gasteiger partial charge in [-0.3, -0.25) is 4.79 Å². The maximum absolute atomic E-state index is 11.7. The van der Waals surface area contributed by atoms with Gasteiger partial charge in [0.15, 0.2) is 0 Å². The summed E-state index contributed by atoms with van der Waals surface area (Å²) in [4.78, 5) is 24.8. The molecule has 0 aromatic carbocycles. The summed E-state index contributed by atoms with van der Waals surface area (Å²) in [7, 11) is 0. The van der Waals surface area contributed by atoms with E-state index in [-0.39, 0.29) is 18.1 Å². The fourth-order valence-corrected chi connectivity index (χ4v) is 2.29. The second-order valence-corrected chi connectivity index (χ2v) is 5.39. The van der Waals surface area contributed by atoms with Gasteiger partial charge in [-0.25, -0.2) is 4.79 Å². The molecule has 1 heterocycles. The van der Waals surface area contributed by atoms with Crippen molar-refractivity contribution in [2.75, 3.05) is 6.54 Å². The molecule has 0 aromatic rings. The monoisotopic (exact) mass is 241 g/mol. The van der Waals surface area contributed by atoms with Gasteiger partial charge in [0, 0.05) is 24.9 Å². The van der Waals surface area contributed by atoms with Crippen LogP contribution in [0.1, 0.15) is 47.5 Å². The highest BCUT2D eigenvalue weighted by molar-refractivity contribution is 5.87. The summed E-state index contributed by atoms with van der Waals surface area (Å²) < 4.78 is 5.29. The Bertz CT molecular complexity index is 306. The van der Waals surface area contributed by atoms with Gasteiger partial charge in [-0.05, 0) is 27.2 Å². The van der Waals surface area contributed by atoms with Crippen molar-refractivity contribution in [1.29, 1.82) is 0 Å². The molecule has 98 valence electrons. The largest absolute Gasteiger partial charge is 0.444 e. The lowest BCUT2D eigenvalue weighted by molar-refractivity contribution is -0.122. The molecule has 2 aliphatic rings. The second-order valence-electron chi connectivity index (χ2n) is 5.39. The van der Waals surface area contributed by atoms with Crippen LogP contribution >= 0.6 is 0 Å². The van der Waals surface area contributed by atoms with E-state index < -0.39 is 5.60 Å². The summed E-state index contributed by atoms with van der Waals surface area (Å²) in [5.74, 6) is 0.377. The van der Waals surface area contributed by atoms with Gasteiger partial charge in [0.05, 0.1) is 0 Å². The van der Waals surface area contributed by atoms with E-state index in [0.29, 0.717) is 18.7 Å². The minimum absolute atomic E-state index is 0.0718. The summed E-state index contributed by atoms with van der Waals surface area (Å²) in [5, 5.41) is 0. The number of carbonyl (C=O) groups excluding carboxylic acids is 2. The van der Waals surface area contributed by atoms with E-state index in [2.05, 4.69) is 0 Å². The van der Waals surface area contributed by atoms with E-state index in [1.54, 1.807) is 4.90 Å². The molecule has 2 bridgehead atoms. The predicted octanol–water partition coefficient (Wildman–Crippen LogP) is 2.61. The van der Waals surface area contributed by atoms with E-state index in [0.717, 1.165) is 6.42 Å². The molecule has 0 radical (unpaired) electrons. The highest BCUT2D eigenvalue weighted by Gasteiger charge is 2.46. The molecule has 4 nitrogen and oxygen atoms in total. The lowest BCUT2D eigenvalue weighted by Gasteiger charge is -2.29. The number of amides is 1. The number of Topliss-reactive ketones (excluding diaryl/α,β-unsaturated/α-hetero) is 1. The van der Waals surface area contributed by atoms with Gasteiger partial charge in [0.1, 0.15) is 11.4 Å². The average molecular weight is 241 g/mol. The van der Waals surface area contributed by atoms with Crippen molar-refractivity contribution in [2.24, 2.45) is 5.92 Å². The predicted molar refractivity (Wildman–Crippen MR) is 65.8 cm³/mol. The van der Waals surface area contributed by atoms with Crippen LogP contribution in [0.5, 0.6) is 0 Å². The Balaban J connectivity index is 0.000000686. The van der Waals surface area contributed by atoms with Gasteiger partial charge >= 0.3 is 6.09 Å². The third-order valence-electron chi connectivity index (χ3n) is 2.93. The molecular formula is C13H23NO3. The molecular weight excluding hydrogens is 218 g/mol. The normalized spacial score (nSPS) is 26.6. The summed E-state index contributed by atoms with van der Waals surface area (Å²) in [6.45, 7) is 10.1. The number of hydrogen-bond acceptors (Lipinski definition) is 3. The molecule has 0 aromatic heterocycles. The van der Waals surface area contributed by atoms with E-state index >= 15 is 0 Å². The van der Waals surface area contributed by atoms with Crippen molar-refractivity contribution in [1.82, 2.24) is 4.90 Å². The molecule has 1 aliphatic heterocycles. The lowest BCUT2D eigenvalue weighted by Crippen LogP contribution is -2.43. The first-order chi connectivity index (χ1) is 7.87. The van der Waals surface area contributed by atoms with Gasteiger partial charge in [0.2, 0.25) is 0 Å². The number of fused-ring (bicyclic) bond motifs is 2. The Morgan fingerprint density at radius 3 is 2.29 bits per heavy atom. The van der Waals surface area contributed by atoms with Gasteiger partial charge in [-0.15, -0.1) is 0 Å².